The molecular formula is C14H10BrClFNO. The Bertz CT molecular complexity index is 633. The molecule has 0 bridgehead atoms. The molecule has 0 atom stereocenters. The second-order valence-electron chi connectivity index (χ2n) is 3.94. The van der Waals surface area contributed by atoms with Gasteiger partial charge in [0.25, 0.3) is 5.91 Å². The minimum Gasteiger partial charge on any atom is -0.309 e. The number of anilines is 1. The zero-order valence-corrected chi connectivity index (χ0v) is 12.4. The SMILES string of the molecule is CN(C(=O)c1cc(Br)ccc1Cl)c1ccccc1F. The molecule has 0 fully saturated rings. The lowest BCUT2D eigenvalue weighted by Crippen LogP contribution is -2.27. The van der Waals surface area contributed by atoms with E-state index in [9.17, 15) is 9.18 Å². The van der Waals surface area contributed by atoms with Crippen molar-refractivity contribution in [3.63, 3.8) is 0 Å². The largest absolute Gasteiger partial charge is 0.309 e. The lowest BCUT2D eigenvalue weighted by molar-refractivity contribution is 0.0992. The Morgan fingerprint density at radius 3 is 2.63 bits per heavy atom. The van der Waals surface area contributed by atoms with E-state index in [4.69, 9.17) is 11.6 Å². The van der Waals surface area contributed by atoms with Crippen molar-refractivity contribution in [2.45, 2.75) is 0 Å². The molecule has 0 saturated carbocycles. The monoisotopic (exact) mass is 341 g/mol. The van der Waals surface area contributed by atoms with Gasteiger partial charge in [0, 0.05) is 11.5 Å². The van der Waals surface area contributed by atoms with Gasteiger partial charge in [-0.25, -0.2) is 4.39 Å². The third kappa shape index (κ3) is 2.96. The van der Waals surface area contributed by atoms with Crippen molar-refractivity contribution < 1.29 is 9.18 Å². The molecule has 0 radical (unpaired) electrons. The van der Waals surface area contributed by atoms with Gasteiger partial charge in [0.1, 0.15) is 5.82 Å². The summed E-state index contributed by atoms with van der Waals surface area (Å²) in [6.45, 7) is 0. The summed E-state index contributed by atoms with van der Waals surface area (Å²) in [6, 6.07) is 11.1. The van der Waals surface area contributed by atoms with Gasteiger partial charge in [0.2, 0.25) is 0 Å². The molecule has 98 valence electrons. The molecule has 0 heterocycles. The van der Waals surface area contributed by atoms with E-state index in [1.165, 1.54) is 18.0 Å². The van der Waals surface area contributed by atoms with Gasteiger partial charge in [-0.3, -0.25) is 4.79 Å². The highest BCUT2D eigenvalue weighted by molar-refractivity contribution is 9.10. The Labute approximate surface area is 123 Å². The van der Waals surface area contributed by atoms with E-state index in [-0.39, 0.29) is 11.6 Å². The van der Waals surface area contributed by atoms with Crippen LogP contribution in [0.5, 0.6) is 0 Å². The summed E-state index contributed by atoms with van der Waals surface area (Å²) >= 11 is 9.28. The first kappa shape index (κ1) is 14.0. The van der Waals surface area contributed by atoms with E-state index < -0.39 is 5.82 Å². The van der Waals surface area contributed by atoms with Crippen LogP contribution >= 0.6 is 27.5 Å². The number of halogens is 3. The van der Waals surface area contributed by atoms with Gasteiger partial charge in [-0.05, 0) is 30.3 Å². The third-order valence-electron chi connectivity index (χ3n) is 2.68. The zero-order chi connectivity index (χ0) is 14.0. The summed E-state index contributed by atoms with van der Waals surface area (Å²) in [5, 5.41) is 0.330. The Balaban J connectivity index is 2.39. The number of hydrogen-bond donors (Lipinski definition) is 0. The topological polar surface area (TPSA) is 20.3 Å². The molecule has 0 N–H and O–H groups in total. The van der Waals surface area contributed by atoms with Gasteiger partial charge in [0.15, 0.2) is 0 Å². The summed E-state index contributed by atoms with van der Waals surface area (Å²) < 4.78 is 14.4. The second-order valence-corrected chi connectivity index (χ2v) is 5.26. The molecule has 19 heavy (non-hydrogen) atoms. The quantitative estimate of drug-likeness (QED) is 0.786. The maximum atomic E-state index is 13.7. The Hall–Kier alpha value is -1.39. The lowest BCUT2D eigenvalue weighted by atomic mass is 10.2. The molecule has 0 aliphatic rings. The minimum absolute atomic E-state index is 0.212. The van der Waals surface area contributed by atoms with E-state index in [1.807, 2.05) is 0 Å². The molecule has 0 aromatic heterocycles. The van der Waals surface area contributed by atoms with Crippen LogP contribution < -0.4 is 4.90 Å². The fraction of sp³-hybridized carbons (Fsp3) is 0.0714. The van der Waals surface area contributed by atoms with Crippen LogP contribution in [0.3, 0.4) is 0 Å². The number of carbonyl (C=O) groups is 1. The fourth-order valence-corrected chi connectivity index (χ4v) is 2.23. The average molecular weight is 343 g/mol. The van der Waals surface area contributed by atoms with Crippen molar-refractivity contribution in [2.75, 3.05) is 11.9 Å². The molecule has 2 rings (SSSR count). The van der Waals surface area contributed by atoms with Crippen molar-refractivity contribution in [3.05, 3.63) is 63.3 Å². The highest BCUT2D eigenvalue weighted by Crippen LogP contribution is 2.25. The number of carbonyl (C=O) groups excluding carboxylic acids is 1. The number of para-hydroxylation sites is 1. The predicted molar refractivity (Wildman–Crippen MR) is 78.3 cm³/mol. The molecule has 0 aliphatic heterocycles. The average Bonchev–Trinajstić information content (AvgIpc) is 2.40. The van der Waals surface area contributed by atoms with Crippen molar-refractivity contribution in [1.82, 2.24) is 0 Å². The molecule has 2 aromatic carbocycles. The van der Waals surface area contributed by atoms with Crippen LogP contribution in [-0.4, -0.2) is 13.0 Å². The highest BCUT2D eigenvalue weighted by atomic mass is 79.9. The molecule has 2 aromatic rings. The number of hydrogen-bond acceptors (Lipinski definition) is 1. The number of nitrogens with zero attached hydrogens (tertiary/aromatic N) is 1. The Kier molecular flexibility index (Phi) is 4.22. The van der Waals surface area contributed by atoms with E-state index >= 15 is 0 Å². The highest BCUT2D eigenvalue weighted by Gasteiger charge is 2.19. The van der Waals surface area contributed by atoms with Gasteiger partial charge >= 0.3 is 0 Å². The van der Waals surface area contributed by atoms with Crippen LogP contribution in [0, 0.1) is 5.82 Å². The van der Waals surface area contributed by atoms with Crippen LogP contribution in [0.4, 0.5) is 10.1 Å². The predicted octanol–water partition coefficient (Wildman–Crippen LogP) is 4.52. The smallest absolute Gasteiger partial charge is 0.259 e. The fourth-order valence-electron chi connectivity index (χ4n) is 1.68. The van der Waals surface area contributed by atoms with Gasteiger partial charge in [-0.2, -0.15) is 0 Å². The van der Waals surface area contributed by atoms with Crippen LogP contribution in [0.25, 0.3) is 0 Å². The number of amides is 1. The molecule has 0 spiro atoms. The maximum Gasteiger partial charge on any atom is 0.259 e. The van der Waals surface area contributed by atoms with Crippen molar-refractivity contribution in [2.24, 2.45) is 0 Å². The van der Waals surface area contributed by atoms with Crippen molar-refractivity contribution >= 4 is 39.1 Å². The minimum atomic E-state index is -0.454. The second kappa shape index (κ2) is 5.72. The molecule has 2 nitrogen and oxygen atoms in total. The van der Waals surface area contributed by atoms with Crippen LogP contribution in [0.15, 0.2) is 46.9 Å². The first-order chi connectivity index (χ1) is 9.00. The summed E-state index contributed by atoms with van der Waals surface area (Å²) in [5.41, 5.74) is 0.533. The Morgan fingerprint density at radius 1 is 1.26 bits per heavy atom. The van der Waals surface area contributed by atoms with Gasteiger partial charge in [0.05, 0.1) is 16.3 Å². The third-order valence-corrected chi connectivity index (χ3v) is 3.50. The number of rotatable bonds is 2. The van der Waals surface area contributed by atoms with E-state index in [1.54, 1.807) is 36.4 Å². The van der Waals surface area contributed by atoms with Crippen molar-refractivity contribution in [1.29, 1.82) is 0 Å². The van der Waals surface area contributed by atoms with Gasteiger partial charge < -0.3 is 4.90 Å². The molecule has 0 saturated heterocycles. The summed E-state index contributed by atoms with van der Waals surface area (Å²) in [5.74, 6) is -0.819. The van der Waals surface area contributed by atoms with Gasteiger partial charge in [-0.15, -0.1) is 0 Å². The summed E-state index contributed by atoms with van der Waals surface area (Å²) in [4.78, 5) is 13.6. The first-order valence-corrected chi connectivity index (χ1v) is 6.65. The van der Waals surface area contributed by atoms with Crippen molar-refractivity contribution in [3.8, 4) is 0 Å². The summed E-state index contributed by atoms with van der Waals surface area (Å²) in [7, 11) is 1.51. The Morgan fingerprint density at radius 2 is 1.95 bits per heavy atom. The number of benzene rings is 2. The molecule has 0 aliphatic carbocycles. The molecule has 1 amide bonds. The molecule has 5 heteroatoms. The molecule has 0 unspecified atom stereocenters. The normalized spacial score (nSPS) is 10.3. The van der Waals surface area contributed by atoms with Gasteiger partial charge in [-0.1, -0.05) is 39.7 Å². The summed E-state index contributed by atoms with van der Waals surface area (Å²) in [6.07, 6.45) is 0. The van der Waals surface area contributed by atoms with Crippen LogP contribution in [-0.2, 0) is 0 Å². The van der Waals surface area contributed by atoms with E-state index in [2.05, 4.69) is 15.9 Å². The van der Waals surface area contributed by atoms with E-state index in [0.717, 1.165) is 4.47 Å². The van der Waals surface area contributed by atoms with E-state index in [0.29, 0.717) is 10.6 Å². The van der Waals surface area contributed by atoms with Crippen LogP contribution in [0.1, 0.15) is 10.4 Å². The van der Waals surface area contributed by atoms with Crippen LogP contribution in [0.2, 0.25) is 5.02 Å². The lowest BCUT2D eigenvalue weighted by Gasteiger charge is -2.18. The maximum absolute atomic E-state index is 13.7. The molecular weight excluding hydrogens is 333 g/mol. The first-order valence-electron chi connectivity index (χ1n) is 5.48. The standard InChI is InChI=1S/C14H10BrClFNO/c1-18(13-5-3-2-4-12(13)17)14(19)10-8-9(15)6-7-11(10)16/h2-8H,1H3. The zero-order valence-electron chi connectivity index (χ0n) is 10.0.